The maximum Gasteiger partial charge on any atom is 0.408 e. The van der Waals surface area contributed by atoms with Crippen molar-refractivity contribution < 1.29 is 32.2 Å². The van der Waals surface area contributed by atoms with Crippen LogP contribution in [-0.2, 0) is 21.6 Å². The van der Waals surface area contributed by atoms with E-state index in [1.54, 1.807) is 48.5 Å². The highest BCUT2D eigenvalue weighted by atomic mass is 19.4. The number of piperazine rings is 1. The van der Waals surface area contributed by atoms with Crippen molar-refractivity contribution in [1.29, 1.82) is 0 Å². The molecular weight excluding hydrogens is 547 g/mol. The predicted octanol–water partition coefficient (Wildman–Crippen LogP) is 5.88. The number of halogens is 3. The fraction of sp³-hybridized carbons (Fsp3) is 0.375. The molecule has 42 heavy (non-hydrogen) atoms. The van der Waals surface area contributed by atoms with Crippen molar-refractivity contribution in [3.05, 3.63) is 95.6 Å². The quantitative estimate of drug-likeness (QED) is 0.320. The highest BCUT2D eigenvalue weighted by Gasteiger charge is 2.45. The molecule has 0 radical (unpaired) electrons. The fourth-order valence-electron chi connectivity index (χ4n) is 5.65. The van der Waals surface area contributed by atoms with Gasteiger partial charge in [0.2, 0.25) is 5.91 Å². The van der Waals surface area contributed by atoms with Crippen LogP contribution in [0.3, 0.4) is 0 Å². The van der Waals surface area contributed by atoms with Gasteiger partial charge in [0.1, 0.15) is 18.0 Å². The molecule has 5 rings (SSSR count). The number of fused-ring (bicyclic) bond motifs is 2. The van der Waals surface area contributed by atoms with E-state index >= 15 is 0 Å². The summed E-state index contributed by atoms with van der Waals surface area (Å²) < 4.78 is 50.5. The van der Waals surface area contributed by atoms with Crippen molar-refractivity contribution in [2.75, 3.05) is 39.3 Å². The van der Waals surface area contributed by atoms with E-state index in [0.717, 1.165) is 31.6 Å². The molecule has 3 aromatic rings. The van der Waals surface area contributed by atoms with Gasteiger partial charge in [-0.2, -0.15) is 13.2 Å². The first-order valence-electron chi connectivity index (χ1n) is 14.2. The van der Waals surface area contributed by atoms with Crippen molar-refractivity contribution in [3.63, 3.8) is 0 Å². The minimum Gasteiger partial charge on any atom is -0.456 e. The van der Waals surface area contributed by atoms with Crippen LogP contribution in [0.25, 0.3) is 0 Å². The summed E-state index contributed by atoms with van der Waals surface area (Å²) in [7, 11) is 0. The summed E-state index contributed by atoms with van der Waals surface area (Å²) in [5.74, 6) is 1.12. The van der Waals surface area contributed by atoms with Crippen molar-refractivity contribution in [3.8, 4) is 11.5 Å². The number of nitrogens with zero attached hydrogens (tertiary/aromatic N) is 2. The Morgan fingerprint density at radius 2 is 1.43 bits per heavy atom. The molecule has 0 aromatic heterocycles. The standard InChI is InChI=1S/C32H34F3N3O4/c33-32(34,35)23-36-30(40)42-31(25-12-4-6-14-27(25)41-28-15-7-5-13-26(28)31)16-8-9-17-37-18-20-38(21-19-37)29(39)22-24-10-2-1-3-11-24/h1-7,10-15H,8-9,16-23H2,(H,36,40). The number of para-hydroxylation sites is 2. The molecule has 1 N–H and O–H groups in total. The summed E-state index contributed by atoms with van der Waals surface area (Å²) in [6, 6.07) is 24.0. The van der Waals surface area contributed by atoms with Gasteiger partial charge in [-0.05, 0) is 43.5 Å². The lowest BCUT2D eigenvalue weighted by Crippen LogP contribution is -2.49. The molecule has 0 atom stereocenters. The van der Waals surface area contributed by atoms with Crippen LogP contribution in [0.2, 0.25) is 0 Å². The number of alkyl carbamates (subject to hydrolysis) is 1. The average Bonchev–Trinajstić information content (AvgIpc) is 2.99. The Morgan fingerprint density at radius 1 is 0.833 bits per heavy atom. The van der Waals surface area contributed by atoms with Crippen molar-refractivity contribution in [2.24, 2.45) is 0 Å². The first-order valence-corrected chi connectivity index (χ1v) is 14.2. The molecule has 0 bridgehead atoms. The number of benzene rings is 3. The molecule has 2 aliphatic rings. The van der Waals surface area contributed by atoms with Crippen LogP contribution in [0.1, 0.15) is 36.0 Å². The second kappa shape index (κ2) is 12.9. The van der Waals surface area contributed by atoms with E-state index in [9.17, 15) is 22.8 Å². The Balaban J connectivity index is 1.23. The topological polar surface area (TPSA) is 71.1 Å². The van der Waals surface area contributed by atoms with Crippen LogP contribution >= 0.6 is 0 Å². The maximum absolute atomic E-state index is 12.8. The Hall–Kier alpha value is -4.05. The number of amides is 2. The van der Waals surface area contributed by atoms with Gasteiger partial charge in [-0.3, -0.25) is 9.69 Å². The minimum atomic E-state index is -4.56. The normalized spacial score (nSPS) is 16.1. The third-order valence-electron chi connectivity index (χ3n) is 7.74. The number of carbonyl (C=O) groups is 2. The summed E-state index contributed by atoms with van der Waals surface area (Å²) in [5.41, 5.74) is 0.876. The van der Waals surface area contributed by atoms with Crippen LogP contribution in [0, 0.1) is 0 Å². The van der Waals surface area contributed by atoms with Gasteiger partial charge in [0.25, 0.3) is 0 Å². The lowest BCUT2D eigenvalue weighted by molar-refractivity contribution is -0.132. The number of alkyl halides is 3. The zero-order chi connectivity index (χ0) is 29.6. The molecule has 0 unspecified atom stereocenters. The number of ether oxygens (including phenoxy) is 2. The number of hydrogen-bond acceptors (Lipinski definition) is 5. The zero-order valence-electron chi connectivity index (χ0n) is 23.2. The molecule has 3 aromatic carbocycles. The maximum atomic E-state index is 12.8. The van der Waals surface area contributed by atoms with Crippen LogP contribution in [-0.4, -0.2) is 67.2 Å². The van der Waals surface area contributed by atoms with Crippen LogP contribution < -0.4 is 10.1 Å². The first kappa shape index (κ1) is 29.4. The number of rotatable bonds is 9. The summed E-state index contributed by atoms with van der Waals surface area (Å²) in [6.45, 7) is 2.16. The number of unbranched alkanes of at least 4 members (excludes halogenated alkanes) is 1. The Morgan fingerprint density at radius 3 is 2.05 bits per heavy atom. The van der Waals surface area contributed by atoms with Gasteiger partial charge < -0.3 is 19.7 Å². The van der Waals surface area contributed by atoms with Crippen LogP contribution in [0.4, 0.5) is 18.0 Å². The number of carbonyl (C=O) groups excluding carboxylic acids is 2. The average molecular weight is 582 g/mol. The summed E-state index contributed by atoms with van der Waals surface area (Å²) in [5, 5.41) is 1.86. The fourth-order valence-corrected chi connectivity index (χ4v) is 5.65. The van der Waals surface area contributed by atoms with E-state index in [-0.39, 0.29) is 5.91 Å². The van der Waals surface area contributed by atoms with Crippen LogP contribution in [0.15, 0.2) is 78.9 Å². The molecule has 222 valence electrons. The van der Waals surface area contributed by atoms with Gasteiger partial charge >= 0.3 is 12.3 Å². The highest BCUT2D eigenvalue weighted by molar-refractivity contribution is 5.78. The molecule has 2 aliphatic heterocycles. The SMILES string of the molecule is O=C(NCC(F)(F)F)OC1(CCCCN2CCN(C(=O)Cc3ccccc3)CC2)c2ccccc2Oc2ccccc21. The van der Waals surface area contributed by atoms with Gasteiger partial charge in [-0.1, -0.05) is 66.7 Å². The number of hydrogen-bond donors (Lipinski definition) is 1. The van der Waals surface area contributed by atoms with E-state index in [2.05, 4.69) is 4.90 Å². The zero-order valence-corrected chi connectivity index (χ0v) is 23.2. The predicted molar refractivity (Wildman–Crippen MR) is 151 cm³/mol. The minimum absolute atomic E-state index is 0.126. The molecule has 2 heterocycles. The van der Waals surface area contributed by atoms with Gasteiger partial charge in [0.15, 0.2) is 5.60 Å². The van der Waals surface area contributed by atoms with E-state index < -0.39 is 24.4 Å². The molecule has 7 nitrogen and oxygen atoms in total. The summed E-state index contributed by atoms with van der Waals surface area (Å²) in [4.78, 5) is 29.7. The summed E-state index contributed by atoms with van der Waals surface area (Å²) in [6.07, 6.45) is -3.53. The van der Waals surface area contributed by atoms with Gasteiger partial charge in [-0.25, -0.2) is 4.79 Å². The molecule has 1 saturated heterocycles. The molecule has 0 aliphatic carbocycles. The third-order valence-corrected chi connectivity index (χ3v) is 7.74. The molecule has 1 fully saturated rings. The van der Waals surface area contributed by atoms with Crippen molar-refractivity contribution in [1.82, 2.24) is 15.1 Å². The lowest BCUT2D eigenvalue weighted by atomic mass is 9.79. The van der Waals surface area contributed by atoms with Gasteiger partial charge in [0.05, 0.1) is 6.42 Å². The van der Waals surface area contributed by atoms with Crippen molar-refractivity contribution >= 4 is 12.0 Å². The first-order chi connectivity index (χ1) is 20.2. The molecular formula is C32H34F3N3O4. The second-order valence-corrected chi connectivity index (χ2v) is 10.6. The molecule has 0 saturated carbocycles. The summed E-state index contributed by atoms with van der Waals surface area (Å²) >= 11 is 0. The van der Waals surface area contributed by atoms with Crippen molar-refractivity contribution in [2.45, 2.75) is 37.5 Å². The second-order valence-electron chi connectivity index (χ2n) is 10.6. The molecule has 10 heteroatoms. The van der Waals surface area contributed by atoms with E-state index in [1.807, 2.05) is 40.5 Å². The monoisotopic (exact) mass is 581 g/mol. The largest absolute Gasteiger partial charge is 0.456 e. The van der Waals surface area contributed by atoms with E-state index in [0.29, 0.717) is 55.0 Å². The smallest absolute Gasteiger partial charge is 0.408 e. The van der Waals surface area contributed by atoms with Gasteiger partial charge in [-0.15, -0.1) is 0 Å². The lowest BCUT2D eigenvalue weighted by Gasteiger charge is -2.40. The van der Waals surface area contributed by atoms with Crippen LogP contribution in [0.5, 0.6) is 11.5 Å². The Bertz CT molecular complexity index is 1330. The van der Waals surface area contributed by atoms with Gasteiger partial charge in [0, 0.05) is 37.3 Å². The highest BCUT2D eigenvalue weighted by Crippen LogP contribution is 2.51. The molecule has 2 amide bonds. The van der Waals surface area contributed by atoms with E-state index in [1.165, 1.54) is 0 Å². The Kier molecular flexibility index (Phi) is 9.01. The number of nitrogens with one attached hydrogen (secondary N) is 1. The van der Waals surface area contributed by atoms with E-state index in [4.69, 9.17) is 9.47 Å². The molecule has 0 spiro atoms. The Labute approximate surface area is 243 Å². The third kappa shape index (κ3) is 7.05.